The highest BCUT2D eigenvalue weighted by atomic mass is 32.2. The third kappa shape index (κ3) is 5.91. The fourth-order valence-corrected chi connectivity index (χ4v) is 4.43. The van der Waals surface area contributed by atoms with Gasteiger partial charge in [-0.3, -0.25) is 9.59 Å². The second-order valence-corrected chi connectivity index (χ2v) is 8.35. The number of benzene rings is 1. The Morgan fingerprint density at radius 2 is 1.96 bits per heavy atom. The van der Waals surface area contributed by atoms with Crippen LogP contribution in [0.1, 0.15) is 18.4 Å². The summed E-state index contributed by atoms with van der Waals surface area (Å²) >= 11 is 0. The first kappa shape index (κ1) is 20.0. The lowest BCUT2D eigenvalue weighted by molar-refractivity contribution is -0.122. The van der Waals surface area contributed by atoms with Crippen LogP contribution in [-0.4, -0.2) is 58.5 Å². The van der Waals surface area contributed by atoms with Crippen LogP contribution in [0.5, 0.6) is 11.5 Å². The van der Waals surface area contributed by atoms with Gasteiger partial charge in [0.1, 0.15) is 11.5 Å². The molecular weight excluding hydrogens is 360 g/mol. The van der Waals surface area contributed by atoms with E-state index >= 15 is 0 Å². The molecule has 1 aliphatic rings. The molecule has 0 spiro atoms. The van der Waals surface area contributed by atoms with Gasteiger partial charge < -0.3 is 20.1 Å². The van der Waals surface area contributed by atoms with Crippen molar-refractivity contribution >= 4 is 21.7 Å². The maximum absolute atomic E-state index is 12.0. The Morgan fingerprint density at radius 1 is 1.19 bits per heavy atom. The highest BCUT2D eigenvalue weighted by Gasteiger charge is 2.28. The van der Waals surface area contributed by atoms with Crippen LogP contribution in [0.2, 0.25) is 0 Å². The molecule has 2 rings (SSSR count). The van der Waals surface area contributed by atoms with Crippen molar-refractivity contribution in [3.63, 3.8) is 0 Å². The van der Waals surface area contributed by atoms with Crippen LogP contribution in [0, 0.1) is 0 Å². The van der Waals surface area contributed by atoms with Gasteiger partial charge in [0.25, 0.3) is 0 Å². The molecule has 2 N–H and O–H groups in total. The van der Waals surface area contributed by atoms with Crippen molar-refractivity contribution in [3.05, 3.63) is 23.8 Å². The van der Waals surface area contributed by atoms with Gasteiger partial charge in [-0.15, -0.1) is 0 Å². The van der Waals surface area contributed by atoms with Gasteiger partial charge >= 0.3 is 0 Å². The van der Waals surface area contributed by atoms with Crippen LogP contribution in [0.4, 0.5) is 0 Å². The third-order valence-corrected chi connectivity index (χ3v) is 5.88. The largest absolute Gasteiger partial charge is 0.497 e. The molecule has 1 fully saturated rings. The molecule has 0 unspecified atom stereocenters. The molecule has 1 aromatic rings. The number of carbonyl (C=O) groups excluding carboxylic acids is 2. The Labute approximate surface area is 153 Å². The van der Waals surface area contributed by atoms with E-state index in [1.54, 1.807) is 25.3 Å². The van der Waals surface area contributed by atoms with Gasteiger partial charge in [-0.05, 0) is 12.5 Å². The molecule has 0 bridgehead atoms. The molecule has 0 radical (unpaired) electrons. The summed E-state index contributed by atoms with van der Waals surface area (Å²) in [6.07, 6.45) is 0.662. The standard InChI is InChI=1S/C17H24N2O6S/c1-24-14-4-3-12(15(10-14)25-2)9-17(21)18-7-5-16(20)19-13-6-8-26(22,23)11-13/h3-4,10,13H,5-9,11H2,1-2H3,(H,18,21)(H,19,20)/t13-/m0/s1. The Morgan fingerprint density at radius 3 is 2.58 bits per heavy atom. The van der Waals surface area contributed by atoms with Gasteiger partial charge in [0.05, 0.1) is 32.1 Å². The maximum Gasteiger partial charge on any atom is 0.224 e. The normalized spacial score (nSPS) is 18.2. The van der Waals surface area contributed by atoms with E-state index in [2.05, 4.69) is 10.6 Å². The fourth-order valence-electron chi connectivity index (χ4n) is 2.76. The molecule has 1 aromatic carbocycles. The van der Waals surface area contributed by atoms with E-state index in [0.717, 1.165) is 0 Å². The van der Waals surface area contributed by atoms with Crippen LogP contribution in [-0.2, 0) is 25.8 Å². The van der Waals surface area contributed by atoms with Crippen LogP contribution >= 0.6 is 0 Å². The van der Waals surface area contributed by atoms with Crippen molar-refractivity contribution in [3.8, 4) is 11.5 Å². The summed E-state index contributed by atoms with van der Waals surface area (Å²) in [7, 11) is 0.0398. The van der Waals surface area contributed by atoms with E-state index in [-0.39, 0.29) is 48.7 Å². The number of hydrogen-bond donors (Lipinski definition) is 2. The molecule has 144 valence electrons. The summed E-state index contributed by atoms with van der Waals surface area (Å²) in [4.78, 5) is 23.9. The molecule has 1 heterocycles. The van der Waals surface area contributed by atoms with Gasteiger partial charge in [-0.2, -0.15) is 0 Å². The highest BCUT2D eigenvalue weighted by Crippen LogP contribution is 2.24. The first-order chi connectivity index (χ1) is 12.3. The van der Waals surface area contributed by atoms with Gasteiger partial charge in [0, 0.05) is 30.6 Å². The van der Waals surface area contributed by atoms with E-state index in [1.165, 1.54) is 7.11 Å². The first-order valence-corrected chi connectivity index (χ1v) is 10.1. The summed E-state index contributed by atoms with van der Waals surface area (Å²) in [6.45, 7) is 0.183. The molecule has 0 aromatic heterocycles. The van der Waals surface area contributed by atoms with Crippen molar-refractivity contribution in [2.45, 2.75) is 25.3 Å². The van der Waals surface area contributed by atoms with E-state index in [1.807, 2.05) is 0 Å². The minimum absolute atomic E-state index is 0.0115. The second kappa shape index (κ2) is 8.88. The lowest BCUT2D eigenvalue weighted by Crippen LogP contribution is -2.38. The molecule has 26 heavy (non-hydrogen) atoms. The number of ether oxygens (including phenoxy) is 2. The molecule has 0 saturated carbocycles. The number of nitrogens with one attached hydrogen (secondary N) is 2. The number of methoxy groups -OCH3 is 2. The SMILES string of the molecule is COc1ccc(CC(=O)NCCC(=O)N[C@H]2CCS(=O)(=O)C2)c(OC)c1. The topological polar surface area (TPSA) is 111 Å². The molecule has 1 aliphatic heterocycles. The third-order valence-electron chi connectivity index (χ3n) is 4.12. The molecule has 0 aliphatic carbocycles. The van der Waals surface area contributed by atoms with Crippen LogP contribution in [0.3, 0.4) is 0 Å². The van der Waals surface area contributed by atoms with Gasteiger partial charge in [-0.25, -0.2) is 8.42 Å². The first-order valence-electron chi connectivity index (χ1n) is 8.30. The van der Waals surface area contributed by atoms with E-state index in [9.17, 15) is 18.0 Å². The van der Waals surface area contributed by atoms with E-state index in [0.29, 0.717) is 23.5 Å². The summed E-state index contributed by atoms with van der Waals surface area (Å²) in [5, 5.41) is 5.36. The Bertz CT molecular complexity index is 763. The molecule has 2 amide bonds. The Hall–Kier alpha value is -2.29. The van der Waals surface area contributed by atoms with E-state index in [4.69, 9.17) is 9.47 Å². The predicted molar refractivity (Wildman–Crippen MR) is 96.1 cm³/mol. The van der Waals surface area contributed by atoms with Gasteiger partial charge in [-0.1, -0.05) is 6.07 Å². The predicted octanol–water partition coefficient (Wildman–Crippen LogP) is 0.0559. The number of sulfone groups is 1. The van der Waals surface area contributed by atoms with Crippen LogP contribution in [0.15, 0.2) is 18.2 Å². The highest BCUT2D eigenvalue weighted by molar-refractivity contribution is 7.91. The summed E-state index contributed by atoms with van der Waals surface area (Å²) in [6, 6.07) is 4.87. The minimum Gasteiger partial charge on any atom is -0.497 e. The zero-order valence-electron chi connectivity index (χ0n) is 14.9. The van der Waals surface area contributed by atoms with E-state index < -0.39 is 9.84 Å². The average Bonchev–Trinajstić information content (AvgIpc) is 2.93. The number of amides is 2. The molecule has 9 heteroatoms. The summed E-state index contributed by atoms with van der Waals surface area (Å²) in [5.74, 6) is 0.788. The molecular formula is C17H24N2O6S. The summed E-state index contributed by atoms with van der Waals surface area (Å²) in [5.41, 5.74) is 0.714. The average molecular weight is 384 g/mol. The summed E-state index contributed by atoms with van der Waals surface area (Å²) < 4.78 is 33.1. The fraction of sp³-hybridized carbons (Fsp3) is 0.529. The maximum atomic E-state index is 12.0. The zero-order chi connectivity index (χ0) is 19.2. The quantitative estimate of drug-likeness (QED) is 0.656. The molecule has 1 saturated heterocycles. The zero-order valence-corrected chi connectivity index (χ0v) is 15.7. The number of carbonyl (C=O) groups is 2. The molecule has 1 atom stereocenters. The molecule has 8 nitrogen and oxygen atoms in total. The van der Waals surface area contributed by atoms with Crippen molar-refractivity contribution in [1.82, 2.24) is 10.6 Å². The number of rotatable bonds is 8. The van der Waals surface area contributed by atoms with Crippen molar-refractivity contribution in [2.75, 3.05) is 32.3 Å². The second-order valence-electron chi connectivity index (χ2n) is 6.12. The smallest absolute Gasteiger partial charge is 0.224 e. The van der Waals surface area contributed by atoms with Crippen molar-refractivity contribution in [1.29, 1.82) is 0 Å². The lowest BCUT2D eigenvalue weighted by Gasteiger charge is -2.12. The number of hydrogen-bond acceptors (Lipinski definition) is 6. The monoisotopic (exact) mass is 384 g/mol. The van der Waals surface area contributed by atoms with Gasteiger partial charge in [0.15, 0.2) is 9.84 Å². The van der Waals surface area contributed by atoms with Gasteiger partial charge in [0.2, 0.25) is 11.8 Å². The van der Waals surface area contributed by atoms with Crippen LogP contribution in [0.25, 0.3) is 0 Å². The Balaban J connectivity index is 1.74. The Kier molecular flexibility index (Phi) is 6.84. The minimum atomic E-state index is -3.03. The van der Waals surface area contributed by atoms with Crippen molar-refractivity contribution < 1.29 is 27.5 Å². The van der Waals surface area contributed by atoms with Crippen LogP contribution < -0.4 is 20.1 Å². The lowest BCUT2D eigenvalue weighted by atomic mass is 10.1. The van der Waals surface area contributed by atoms with Crippen molar-refractivity contribution in [2.24, 2.45) is 0 Å².